The zero-order chi connectivity index (χ0) is 13.3. The normalized spacial score (nSPS) is 14.4. The molecule has 0 amide bonds. The van der Waals surface area contributed by atoms with Gasteiger partial charge in [0.15, 0.2) is 5.96 Å². The minimum Gasteiger partial charge on any atom is -0.370 e. The van der Waals surface area contributed by atoms with Crippen molar-refractivity contribution in [2.75, 3.05) is 19.6 Å². The van der Waals surface area contributed by atoms with Gasteiger partial charge in [0.2, 0.25) is 0 Å². The Morgan fingerprint density at radius 3 is 2.29 bits per heavy atom. The van der Waals surface area contributed by atoms with E-state index in [4.69, 9.17) is 5.73 Å². The first-order valence-corrected chi connectivity index (χ1v) is 6.81. The van der Waals surface area contributed by atoms with Crippen molar-refractivity contribution in [2.45, 2.75) is 59.5 Å². The molecule has 0 bridgehead atoms. The van der Waals surface area contributed by atoms with Gasteiger partial charge >= 0.3 is 0 Å². The fourth-order valence-electron chi connectivity index (χ4n) is 1.79. The summed E-state index contributed by atoms with van der Waals surface area (Å²) in [7, 11) is 0. The van der Waals surface area contributed by atoms with Crippen LogP contribution in [0.5, 0.6) is 0 Å². The second-order valence-electron chi connectivity index (χ2n) is 4.83. The molecule has 4 nitrogen and oxygen atoms in total. The minimum absolute atomic E-state index is 0.303. The van der Waals surface area contributed by atoms with Gasteiger partial charge in [-0.2, -0.15) is 0 Å². The van der Waals surface area contributed by atoms with Crippen molar-refractivity contribution in [2.24, 2.45) is 10.7 Å². The van der Waals surface area contributed by atoms with E-state index in [2.05, 4.69) is 49.8 Å². The smallest absolute Gasteiger partial charge is 0.189 e. The van der Waals surface area contributed by atoms with E-state index in [9.17, 15) is 0 Å². The van der Waals surface area contributed by atoms with E-state index in [1.807, 2.05) is 0 Å². The maximum absolute atomic E-state index is 5.79. The Bertz CT molecular complexity index is 209. The molecule has 1 atom stereocenters. The number of hydrogen-bond acceptors (Lipinski definition) is 2. The van der Waals surface area contributed by atoms with Crippen molar-refractivity contribution in [3.63, 3.8) is 0 Å². The van der Waals surface area contributed by atoms with Gasteiger partial charge in [-0.25, -0.2) is 0 Å². The SMILES string of the molecule is CCN(CC)CCCC(C)N=C(N)NC(C)C. The van der Waals surface area contributed by atoms with E-state index in [0.29, 0.717) is 18.0 Å². The van der Waals surface area contributed by atoms with Crippen LogP contribution in [-0.2, 0) is 0 Å². The summed E-state index contributed by atoms with van der Waals surface area (Å²) in [5, 5.41) is 3.11. The number of nitrogens with zero attached hydrogens (tertiary/aromatic N) is 2. The van der Waals surface area contributed by atoms with Gasteiger partial charge in [0.1, 0.15) is 0 Å². The van der Waals surface area contributed by atoms with Gasteiger partial charge in [0, 0.05) is 6.04 Å². The fourth-order valence-corrected chi connectivity index (χ4v) is 1.79. The maximum atomic E-state index is 5.79. The van der Waals surface area contributed by atoms with Crippen LogP contribution in [0.2, 0.25) is 0 Å². The Morgan fingerprint density at radius 1 is 1.24 bits per heavy atom. The number of guanidine groups is 1. The fraction of sp³-hybridized carbons (Fsp3) is 0.923. The van der Waals surface area contributed by atoms with E-state index < -0.39 is 0 Å². The van der Waals surface area contributed by atoms with Gasteiger partial charge in [-0.05, 0) is 53.2 Å². The molecule has 102 valence electrons. The minimum atomic E-state index is 0.303. The number of nitrogens with two attached hydrogens (primary N) is 1. The quantitative estimate of drug-likeness (QED) is 0.504. The van der Waals surface area contributed by atoms with Crippen molar-refractivity contribution in [1.29, 1.82) is 0 Å². The van der Waals surface area contributed by atoms with Crippen molar-refractivity contribution < 1.29 is 0 Å². The van der Waals surface area contributed by atoms with Crippen LogP contribution in [0.1, 0.15) is 47.5 Å². The first kappa shape index (κ1) is 16.2. The molecule has 17 heavy (non-hydrogen) atoms. The van der Waals surface area contributed by atoms with Crippen LogP contribution in [0.15, 0.2) is 4.99 Å². The van der Waals surface area contributed by atoms with E-state index in [-0.39, 0.29) is 0 Å². The number of nitrogens with one attached hydrogen (secondary N) is 1. The highest BCUT2D eigenvalue weighted by Gasteiger charge is 2.04. The van der Waals surface area contributed by atoms with Crippen molar-refractivity contribution in [1.82, 2.24) is 10.2 Å². The summed E-state index contributed by atoms with van der Waals surface area (Å²) in [6.07, 6.45) is 2.28. The zero-order valence-electron chi connectivity index (χ0n) is 12.2. The molecule has 0 spiro atoms. The Morgan fingerprint density at radius 2 is 1.82 bits per heavy atom. The van der Waals surface area contributed by atoms with Crippen molar-refractivity contribution in [3.8, 4) is 0 Å². The molecule has 0 aromatic rings. The first-order chi connectivity index (χ1) is 7.99. The molecule has 1 unspecified atom stereocenters. The topological polar surface area (TPSA) is 53.6 Å². The largest absolute Gasteiger partial charge is 0.370 e. The van der Waals surface area contributed by atoms with Crippen LogP contribution < -0.4 is 11.1 Å². The highest BCUT2D eigenvalue weighted by molar-refractivity contribution is 5.78. The predicted octanol–water partition coefficient (Wildman–Crippen LogP) is 1.81. The summed E-state index contributed by atoms with van der Waals surface area (Å²) in [6.45, 7) is 14.1. The second-order valence-corrected chi connectivity index (χ2v) is 4.83. The van der Waals surface area contributed by atoms with E-state index in [0.717, 1.165) is 26.1 Å². The van der Waals surface area contributed by atoms with Crippen LogP contribution >= 0.6 is 0 Å². The molecule has 0 saturated heterocycles. The summed E-state index contributed by atoms with van der Waals surface area (Å²) in [5.74, 6) is 0.565. The third-order valence-electron chi connectivity index (χ3n) is 2.79. The van der Waals surface area contributed by atoms with E-state index in [1.165, 1.54) is 6.42 Å². The van der Waals surface area contributed by atoms with Gasteiger partial charge in [-0.1, -0.05) is 13.8 Å². The molecule has 0 fully saturated rings. The standard InChI is InChI=1S/C13H30N4/c1-6-17(7-2)10-8-9-12(5)16-13(14)15-11(3)4/h11-12H,6-10H2,1-5H3,(H3,14,15,16). The van der Waals surface area contributed by atoms with Gasteiger partial charge in [0.05, 0.1) is 6.04 Å². The van der Waals surface area contributed by atoms with Gasteiger partial charge in [-0.3, -0.25) is 4.99 Å². The van der Waals surface area contributed by atoms with Gasteiger partial charge in [0.25, 0.3) is 0 Å². The summed E-state index contributed by atoms with van der Waals surface area (Å²) < 4.78 is 0. The maximum Gasteiger partial charge on any atom is 0.189 e. The molecule has 0 saturated carbocycles. The first-order valence-electron chi connectivity index (χ1n) is 6.81. The molecule has 0 rings (SSSR count). The van der Waals surface area contributed by atoms with Crippen LogP contribution in [0.4, 0.5) is 0 Å². The lowest BCUT2D eigenvalue weighted by molar-refractivity contribution is 0.294. The number of hydrogen-bond donors (Lipinski definition) is 2. The van der Waals surface area contributed by atoms with Crippen molar-refractivity contribution in [3.05, 3.63) is 0 Å². The van der Waals surface area contributed by atoms with Crippen molar-refractivity contribution >= 4 is 5.96 Å². The Labute approximate surface area is 107 Å². The molecular weight excluding hydrogens is 212 g/mol. The molecule has 0 aromatic heterocycles. The number of rotatable bonds is 8. The van der Waals surface area contributed by atoms with Crippen LogP contribution in [0.25, 0.3) is 0 Å². The van der Waals surface area contributed by atoms with Crippen LogP contribution in [0, 0.1) is 0 Å². The predicted molar refractivity (Wildman–Crippen MR) is 76.4 cm³/mol. The molecule has 0 aliphatic heterocycles. The van der Waals surface area contributed by atoms with Gasteiger partial charge < -0.3 is 16.0 Å². The third-order valence-corrected chi connectivity index (χ3v) is 2.79. The average molecular weight is 242 g/mol. The highest BCUT2D eigenvalue weighted by Crippen LogP contribution is 2.02. The van der Waals surface area contributed by atoms with Crippen LogP contribution in [0.3, 0.4) is 0 Å². The molecule has 4 heteroatoms. The number of aliphatic imine (C=N–C) groups is 1. The molecule has 3 N–H and O–H groups in total. The molecule has 0 radical (unpaired) electrons. The average Bonchev–Trinajstić information content (AvgIpc) is 2.23. The van der Waals surface area contributed by atoms with E-state index in [1.54, 1.807) is 0 Å². The lowest BCUT2D eigenvalue weighted by Gasteiger charge is -2.18. The third kappa shape index (κ3) is 8.98. The summed E-state index contributed by atoms with van der Waals surface area (Å²) in [4.78, 5) is 6.87. The van der Waals surface area contributed by atoms with Gasteiger partial charge in [-0.15, -0.1) is 0 Å². The molecule has 0 heterocycles. The molecule has 0 aliphatic rings. The second kappa shape index (κ2) is 9.28. The van der Waals surface area contributed by atoms with E-state index >= 15 is 0 Å². The molecule has 0 aromatic carbocycles. The summed E-state index contributed by atoms with van der Waals surface area (Å²) in [6, 6.07) is 0.651. The lowest BCUT2D eigenvalue weighted by atomic mass is 10.2. The summed E-state index contributed by atoms with van der Waals surface area (Å²) in [5.41, 5.74) is 5.79. The Balaban J connectivity index is 3.82. The van der Waals surface area contributed by atoms with Crippen LogP contribution in [-0.4, -0.2) is 42.6 Å². The Hall–Kier alpha value is -0.770. The Kier molecular flexibility index (Phi) is 8.86. The molecular formula is C13H30N4. The monoisotopic (exact) mass is 242 g/mol. The highest BCUT2D eigenvalue weighted by atomic mass is 15.1. The summed E-state index contributed by atoms with van der Waals surface area (Å²) >= 11 is 0. The molecule has 0 aliphatic carbocycles. The zero-order valence-corrected chi connectivity index (χ0v) is 12.2. The lowest BCUT2D eigenvalue weighted by Crippen LogP contribution is -2.37.